The lowest BCUT2D eigenvalue weighted by Crippen LogP contribution is -2.13. The van der Waals surface area contributed by atoms with Crippen molar-refractivity contribution in [3.05, 3.63) is 58.1 Å². The zero-order valence-electron chi connectivity index (χ0n) is 11.3. The molecule has 0 heterocycles. The van der Waals surface area contributed by atoms with Crippen LogP contribution in [0.3, 0.4) is 0 Å². The van der Waals surface area contributed by atoms with Crippen molar-refractivity contribution in [1.29, 1.82) is 0 Å². The second kappa shape index (κ2) is 7.53. The fraction of sp³-hybridized carbons (Fsp3) is 0.250. The summed E-state index contributed by atoms with van der Waals surface area (Å²) in [6, 6.07) is 13.0. The molecule has 2 aromatic carbocycles. The van der Waals surface area contributed by atoms with Gasteiger partial charge in [0.25, 0.3) is 0 Å². The SMILES string of the molecule is CCCNCc1ccc(Oc2cccc(Cl)c2)cc1Cl. The lowest BCUT2D eigenvalue weighted by atomic mass is 10.2. The molecule has 0 aliphatic carbocycles. The molecule has 1 N–H and O–H groups in total. The van der Waals surface area contributed by atoms with Crippen molar-refractivity contribution in [3.63, 3.8) is 0 Å². The van der Waals surface area contributed by atoms with Crippen LogP contribution in [0.2, 0.25) is 10.0 Å². The van der Waals surface area contributed by atoms with Crippen LogP contribution in [-0.2, 0) is 6.54 Å². The molecule has 0 spiro atoms. The third kappa shape index (κ3) is 4.41. The van der Waals surface area contributed by atoms with Gasteiger partial charge in [-0.25, -0.2) is 0 Å². The Morgan fingerprint density at radius 3 is 2.55 bits per heavy atom. The molecule has 2 rings (SSSR count). The molecule has 0 bridgehead atoms. The van der Waals surface area contributed by atoms with Gasteiger partial charge in [-0.05, 0) is 48.9 Å². The molecule has 0 fully saturated rings. The van der Waals surface area contributed by atoms with Crippen molar-refractivity contribution in [1.82, 2.24) is 5.32 Å². The fourth-order valence-electron chi connectivity index (χ4n) is 1.80. The minimum absolute atomic E-state index is 0.647. The van der Waals surface area contributed by atoms with E-state index < -0.39 is 0 Å². The topological polar surface area (TPSA) is 21.3 Å². The van der Waals surface area contributed by atoms with Gasteiger partial charge in [0.1, 0.15) is 11.5 Å². The van der Waals surface area contributed by atoms with E-state index in [0.717, 1.165) is 25.1 Å². The highest BCUT2D eigenvalue weighted by Crippen LogP contribution is 2.28. The van der Waals surface area contributed by atoms with Crippen LogP contribution in [0.15, 0.2) is 42.5 Å². The second-order valence-corrected chi connectivity index (χ2v) is 5.33. The smallest absolute Gasteiger partial charge is 0.128 e. The Morgan fingerprint density at radius 1 is 1.05 bits per heavy atom. The Hall–Kier alpha value is -1.22. The van der Waals surface area contributed by atoms with Crippen molar-refractivity contribution in [2.45, 2.75) is 19.9 Å². The van der Waals surface area contributed by atoms with Gasteiger partial charge in [-0.3, -0.25) is 0 Å². The van der Waals surface area contributed by atoms with Crippen LogP contribution >= 0.6 is 23.2 Å². The Bertz CT molecular complexity index is 572. The van der Waals surface area contributed by atoms with Crippen LogP contribution in [0.5, 0.6) is 11.5 Å². The van der Waals surface area contributed by atoms with E-state index in [4.69, 9.17) is 27.9 Å². The van der Waals surface area contributed by atoms with Crippen molar-refractivity contribution < 1.29 is 4.74 Å². The lowest BCUT2D eigenvalue weighted by Gasteiger charge is -2.09. The summed E-state index contributed by atoms with van der Waals surface area (Å²) in [5.74, 6) is 1.40. The third-order valence-electron chi connectivity index (χ3n) is 2.80. The molecule has 0 amide bonds. The van der Waals surface area contributed by atoms with E-state index in [9.17, 15) is 0 Å². The molecule has 2 nitrogen and oxygen atoms in total. The Labute approximate surface area is 129 Å². The molecule has 0 saturated carbocycles. The van der Waals surface area contributed by atoms with Crippen molar-refractivity contribution in [3.8, 4) is 11.5 Å². The number of nitrogens with one attached hydrogen (secondary N) is 1. The van der Waals surface area contributed by atoms with Gasteiger partial charge in [0.2, 0.25) is 0 Å². The lowest BCUT2D eigenvalue weighted by molar-refractivity contribution is 0.482. The Morgan fingerprint density at radius 2 is 1.85 bits per heavy atom. The van der Waals surface area contributed by atoms with Gasteiger partial charge in [0, 0.05) is 16.6 Å². The van der Waals surface area contributed by atoms with Crippen molar-refractivity contribution in [2.24, 2.45) is 0 Å². The van der Waals surface area contributed by atoms with E-state index in [-0.39, 0.29) is 0 Å². The number of benzene rings is 2. The molecule has 0 saturated heterocycles. The van der Waals surface area contributed by atoms with Gasteiger partial charge in [-0.2, -0.15) is 0 Å². The van der Waals surface area contributed by atoms with E-state index in [1.165, 1.54) is 0 Å². The molecule has 106 valence electrons. The van der Waals surface area contributed by atoms with Gasteiger partial charge in [-0.1, -0.05) is 42.3 Å². The van der Waals surface area contributed by atoms with Gasteiger partial charge >= 0.3 is 0 Å². The van der Waals surface area contributed by atoms with E-state index in [2.05, 4.69) is 12.2 Å². The highest BCUT2D eigenvalue weighted by atomic mass is 35.5. The van der Waals surface area contributed by atoms with Gasteiger partial charge in [0.05, 0.1) is 0 Å². The molecule has 2 aromatic rings. The van der Waals surface area contributed by atoms with E-state index >= 15 is 0 Å². The largest absolute Gasteiger partial charge is 0.457 e. The van der Waals surface area contributed by atoms with Crippen LogP contribution in [-0.4, -0.2) is 6.54 Å². The summed E-state index contributed by atoms with van der Waals surface area (Å²) >= 11 is 12.2. The van der Waals surface area contributed by atoms with Gasteiger partial charge in [0.15, 0.2) is 0 Å². The number of halogens is 2. The quantitative estimate of drug-likeness (QED) is 0.732. The molecular formula is C16H17Cl2NO. The molecule has 0 aliphatic heterocycles. The fourth-order valence-corrected chi connectivity index (χ4v) is 2.22. The first kappa shape index (κ1) is 15.2. The van der Waals surface area contributed by atoms with E-state index in [1.807, 2.05) is 36.4 Å². The molecule has 20 heavy (non-hydrogen) atoms. The van der Waals surface area contributed by atoms with Crippen LogP contribution in [0.1, 0.15) is 18.9 Å². The first-order chi connectivity index (χ1) is 9.69. The maximum Gasteiger partial charge on any atom is 0.128 e. The van der Waals surface area contributed by atoms with Crippen LogP contribution in [0.25, 0.3) is 0 Å². The highest BCUT2D eigenvalue weighted by Gasteiger charge is 2.04. The summed E-state index contributed by atoms with van der Waals surface area (Å²) in [6.45, 7) is 3.89. The maximum absolute atomic E-state index is 6.26. The van der Waals surface area contributed by atoms with E-state index in [1.54, 1.807) is 6.07 Å². The molecule has 0 aliphatic rings. The van der Waals surface area contributed by atoms with Crippen LogP contribution in [0, 0.1) is 0 Å². The molecule has 0 radical (unpaired) electrons. The van der Waals surface area contributed by atoms with Crippen LogP contribution in [0.4, 0.5) is 0 Å². The third-order valence-corrected chi connectivity index (χ3v) is 3.39. The monoisotopic (exact) mass is 309 g/mol. The number of rotatable bonds is 6. The summed E-state index contributed by atoms with van der Waals surface area (Å²) in [4.78, 5) is 0. The predicted molar refractivity (Wildman–Crippen MR) is 85.0 cm³/mol. The average molecular weight is 310 g/mol. The number of hydrogen-bond donors (Lipinski definition) is 1. The molecule has 4 heteroatoms. The van der Waals surface area contributed by atoms with Gasteiger partial charge in [-0.15, -0.1) is 0 Å². The Balaban J connectivity index is 2.05. The zero-order chi connectivity index (χ0) is 14.4. The van der Waals surface area contributed by atoms with Crippen molar-refractivity contribution in [2.75, 3.05) is 6.54 Å². The Kier molecular flexibility index (Phi) is 5.72. The minimum atomic E-state index is 0.647. The van der Waals surface area contributed by atoms with Gasteiger partial charge < -0.3 is 10.1 Å². The molecule has 0 unspecified atom stereocenters. The van der Waals surface area contributed by atoms with Crippen LogP contribution < -0.4 is 10.1 Å². The first-order valence-electron chi connectivity index (χ1n) is 6.61. The second-order valence-electron chi connectivity index (χ2n) is 4.49. The van der Waals surface area contributed by atoms with E-state index in [0.29, 0.717) is 21.5 Å². The number of hydrogen-bond acceptors (Lipinski definition) is 2. The summed E-state index contributed by atoms with van der Waals surface area (Å²) in [5, 5.41) is 4.68. The molecule has 0 aromatic heterocycles. The summed E-state index contributed by atoms with van der Waals surface area (Å²) < 4.78 is 5.73. The average Bonchev–Trinajstić information content (AvgIpc) is 2.41. The normalized spacial score (nSPS) is 10.6. The standard InChI is InChI=1S/C16H17Cl2NO/c1-2-8-19-11-12-6-7-15(10-16(12)18)20-14-5-3-4-13(17)9-14/h3-7,9-10,19H,2,8,11H2,1H3. The highest BCUT2D eigenvalue weighted by molar-refractivity contribution is 6.31. The summed E-state index contributed by atoms with van der Waals surface area (Å²) in [7, 11) is 0. The summed E-state index contributed by atoms with van der Waals surface area (Å²) in [5.41, 5.74) is 1.07. The molecule has 0 atom stereocenters. The maximum atomic E-state index is 6.26. The van der Waals surface area contributed by atoms with Crippen molar-refractivity contribution >= 4 is 23.2 Å². The minimum Gasteiger partial charge on any atom is -0.457 e. The zero-order valence-corrected chi connectivity index (χ0v) is 12.8. The predicted octanol–water partition coefficient (Wildman–Crippen LogP) is 5.29. The summed E-state index contributed by atoms with van der Waals surface area (Å²) in [6.07, 6.45) is 1.10. The molecular weight excluding hydrogens is 293 g/mol. The number of ether oxygens (including phenoxy) is 1. The first-order valence-corrected chi connectivity index (χ1v) is 7.37.